The van der Waals surface area contributed by atoms with Crippen molar-refractivity contribution in [2.45, 2.75) is 13.8 Å². The number of benzene rings is 8. The lowest BCUT2D eigenvalue weighted by atomic mass is 9.87. The molecule has 43 heavy (non-hydrogen) atoms. The molecule has 8 aromatic carbocycles. The molecule has 0 aliphatic heterocycles. The minimum atomic E-state index is 0.911. The second-order valence-electron chi connectivity index (χ2n) is 11.7. The molecule has 9 rings (SSSR count). The third-order valence-corrected chi connectivity index (χ3v) is 9.46. The fourth-order valence-corrected chi connectivity index (χ4v) is 7.48. The molecule has 0 aliphatic rings. The molecule has 1 heteroatoms. The van der Waals surface area contributed by atoms with Crippen molar-refractivity contribution in [3.8, 4) is 22.3 Å². The molecule has 0 N–H and O–H groups in total. The fraction of sp³-hybridized carbons (Fsp3) is 0.0476. The maximum atomic E-state index is 6.67. The van der Waals surface area contributed by atoms with Crippen LogP contribution in [-0.2, 0) is 0 Å². The summed E-state index contributed by atoms with van der Waals surface area (Å²) in [6, 6.07) is 48.4. The smallest absolute Gasteiger partial charge is 0.136 e. The molecule has 0 amide bonds. The Kier molecular flexibility index (Phi) is 5.10. The standard InChI is InChI=1S/C42H28O/c1-25-28-12-3-7-16-32(28)40(33-17-8-4-13-29(25)33)27-22-23-36-39(24-27)43-38-21-11-20-37(42(36)38)41-34-18-9-5-14-30(34)26(2)31-15-6-10-19-35(31)41/h3-24H,1-2H3. The molecule has 0 aliphatic carbocycles. The van der Waals surface area contributed by atoms with Crippen molar-refractivity contribution >= 4 is 65.0 Å². The Labute approximate surface area is 249 Å². The van der Waals surface area contributed by atoms with Crippen LogP contribution in [0, 0.1) is 13.8 Å². The van der Waals surface area contributed by atoms with Gasteiger partial charge in [-0.1, -0.05) is 115 Å². The second-order valence-corrected chi connectivity index (χ2v) is 11.7. The lowest BCUT2D eigenvalue weighted by Gasteiger charge is -2.16. The van der Waals surface area contributed by atoms with E-state index in [4.69, 9.17) is 4.42 Å². The van der Waals surface area contributed by atoms with Crippen molar-refractivity contribution in [3.63, 3.8) is 0 Å². The summed E-state index contributed by atoms with van der Waals surface area (Å²) in [4.78, 5) is 0. The van der Waals surface area contributed by atoms with Gasteiger partial charge >= 0.3 is 0 Å². The van der Waals surface area contributed by atoms with Crippen LogP contribution in [0.4, 0.5) is 0 Å². The van der Waals surface area contributed by atoms with E-state index in [9.17, 15) is 0 Å². The first-order valence-electron chi connectivity index (χ1n) is 14.9. The van der Waals surface area contributed by atoms with Crippen LogP contribution in [-0.4, -0.2) is 0 Å². The predicted molar refractivity (Wildman–Crippen MR) is 184 cm³/mol. The lowest BCUT2D eigenvalue weighted by Crippen LogP contribution is -1.90. The monoisotopic (exact) mass is 548 g/mol. The van der Waals surface area contributed by atoms with Gasteiger partial charge in [0.2, 0.25) is 0 Å². The zero-order valence-electron chi connectivity index (χ0n) is 24.1. The number of hydrogen-bond donors (Lipinski definition) is 0. The van der Waals surface area contributed by atoms with Crippen LogP contribution in [0.1, 0.15) is 11.1 Å². The zero-order chi connectivity index (χ0) is 28.7. The molecule has 0 fully saturated rings. The first-order chi connectivity index (χ1) is 21.2. The normalized spacial score (nSPS) is 12.0. The van der Waals surface area contributed by atoms with Gasteiger partial charge in [-0.3, -0.25) is 0 Å². The predicted octanol–water partition coefficient (Wildman–Crippen LogP) is 12.1. The summed E-state index contributed by atoms with van der Waals surface area (Å²) in [5.41, 5.74) is 9.38. The van der Waals surface area contributed by atoms with Crippen LogP contribution in [0.3, 0.4) is 0 Å². The molecule has 0 unspecified atom stereocenters. The topological polar surface area (TPSA) is 13.1 Å². The summed E-state index contributed by atoms with van der Waals surface area (Å²) in [7, 11) is 0. The van der Waals surface area contributed by atoms with Crippen molar-refractivity contribution in [1.29, 1.82) is 0 Å². The molecule has 0 saturated heterocycles. The molecule has 0 atom stereocenters. The highest BCUT2D eigenvalue weighted by atomic mass is 16.3. The van der Waals surface area contributed by atoms with Crippen molar-refractivity contribution in [1.82, 2.24) is 0 Å². The Bertz CT molecular complexity index is 2470. The molecule has 202 valence electrons. The van der Waals surface area contributed by atoms with E-state index in [0.717, 1.165) is 16.6 Å². The molecule has 1 heterocycles. The highest BCUT2D eigenvalue weighted by Gasteiger charge is 2.20. The van der Waals surface area contributed by atoms with Gasteiger partial charge in [-0.2, -0.15) is 0 Å². The van der Waals surface area contributed by atoms with E-state index in [-0.39, 0.29) is 0 Å². The summed E-state index contributed by atoms with van der Waals surface area (Å²) in [6.45, 7) is 4.47. The van der Waals surface area contributed by atoms with Crippen LogP contribution in [0.25, 0.3) is 87.3 Å². The van der Waals surface area contributed by atoms with Gasteiger partial charge in [0.15, 0.2) is 0 Å². The largest absolute Gasteiger partial charge is 0.456 e. The average Bonchev–Trinajstić information content (AvgIpc) is 3.44. The van der Waals surface area contributed by atoms with Gasteiger partial charge in [-0.25, -0.2) is 0 Å². The van der Waals surface area contributed by atoms with E-state index in [2.05, 4.69) is 147 Å². The lowest BCUT2D eigenvalue weighted by molar-refractivity contribution is 0.669. The Morgan fingerprint density at radius 1 is 0.372 bits per heavy atom. The van der Waals surface area contributed by atoms with Gasteiger partial charge in [0.05, 0.1) is 0 Å². The van der Waals surface area contributed by atoms with E-state index in [0.29, 0.717) is 0 Å². The maximum absolute atomic E-state index is 6.67. The first-order valence-corrected chi connectivity index (χ1v) is 14.9. The molecule has 0 radical (unpaired) electrons. The summed E-state index contributed by atoms with van der Waals surface area (Å²) in [6.07, 6.45) is 0. The summed E-state index contributed by atoms with van der Waals surface area (Å²) >= 11 is 0. The molecular weight excluding hydrogens is 520 g/mol. The molecule has 0 spiro atoms. The first kappa shape index (κ1) is 24.2. The van der Waals surface area contributed by atoms with E-state index in [1.54, 1.807) is 0 Å². The van der Waals surface area contributed by atoms with Gasteiger partial charge in [0.1, 0.15) is 11.2 Å². The average molecular weight is 549 g/mol. The number of furan rings is 1. The zero-order valence-corrected chi connectivity index (χ0v) is 24.1. The molecular formula is C42H28O. The minimum Gasteiger partial charge on any atom is -0.456 e. The third kappa shape index (κ3) is 3.40. The molecule has 1 aromatic heterocycles. The van der Waals surface area contributed by atoms with Gasteiger partial charge in [0, 0.05) is 10.8 Å². The highest BCUT2D eigenvalue weighted by molar-refractivity contribution is 6.23. The molecule has 0 saturated carbocycles. The Balaban J connectivity index is 1.36. The van der Waals surface area contributed by atoms with Crippen molar-refractivity contribution in [2.75, 3.05) is 0 Å². The molecule has 0 bridgehead atoms. The maximum Gasteiger partial charge on any atom is 0.136 e. The number of rotatable bonds is 2. The summed E-state index contributed by atoms with van der Waals surface area (Å²) < 4.78 is 6.67. The summed E-state index contributed by atoms with van der Waals surface area (Å²) in [5.74, 6) is 0. The quantitative estimate of drug-likeness (QED) is 0.196. The van der Waals surface area contributed by atoms with E-state index in [1.165, 1.54) is 81.9 Å². The second kappa shape index (κ2) is 9.05. The molecule has 1 nitrogen and oxygen atoms in total. The van der Waals surface area contributed by atoms with Crippen LogP contribution in [0.5, 0.6) is 0 Å². The molecule has 9 aromatic rings. The highest BCUT2D eigenvalue weighted by Crippen LogP contribution is 2.46. The van der Waals surface area contributed by atoms with Crippen LogP contribution in [0.2, 0.25) is 0 Å². The minimum absolute atomic E-state index is 0.911. The number of hydrogen-bond acceptors (Lipinski definition) is 1. The van der Waals surface area contributed by atoms with E-state index in [1.807, 2.05) is 0 Å². The van der Waals surface area contributed by atoms with Crippen molar-refractivity contribution < 1.29 is 4.42 Å². The Morgan fingerprint density at radius 3 is 1.35 bits per heavy atom. The van der Waals surface area contributed by atoms with E-state index < -0.39 is 0 Å². The third-order valence-electron chi connectivity index (χ3n) is 9.46. The van der Waals surface area contributed by atoms with Gasteiger partial charge in [-0.15, -0.1) is 0 Å². The number of aryl methyl sites for hydroxylation is 2. The van der Waals surface area contributed by atoms with Gasteiger partial charge in [-0.05, 0) is 109 Å². The SMILES string of the molecule is Cc1c2ccccc2c(-c2ccc3c(c2)oc2cccc(-c4c5ccccc5c(C)c5ccccc45)c23)c2ccccc12. The van der Waals surface area contributed by atoms with Crippen LogP contribution >= 0.6 is 0 Å². The van der Waals surface area contributed by atoms with Crippen LogP contribution in [0.15, 0.2) is 138 Å². The van der Waals surface area contributed by atoms with Crippen molar-refractivity contribution in [2.24, 2.45) is 0 Å². The van der Waals surface area contributed by atoms with Gasteiger partial charge < -0.3 is 4.42 Å². The van der Waals surface area contributed by atoms with Gasteiger partial charge in [0.25, 0.3) is 0 Å². The number of fused-ring (bicyclic) bond motifs is 7. The van der Waals surface area contributed by atoms with E-state index >= 15 is 0 Å². The summed E-state index contributed by atoms with van der Waals surface area (Å²) in [5, 5.41) is 12.6. The van der Waals surface area contributed by atoms with Crippen LogP contribution < -0.4 is 0 Å². The Morgan fingerprint density at radius 2 is 0.837 bits per heavy atom. The van der Waals surface area contributed by atoms with Crippen molar-refractivity contribution in [3.05, 3.63) is 145 Å². The Hall–Kier alpha value is -5.40. The fourth-order valence-electron chi connectivity index (χ4n) is 7.48.